The van der Waals surface area contributed by atoms with Gasteiger partial charge in [0.2, 0.25) is 0 Å². The normalized spacial score (nSPS) is 6.36. The number of carbonyl (C=O) groups excluding carboxylic acids is 3. The van der Waals surface area contributed by atoms with Crippen LogP contribution in [0.3, 0.4) is 0 Å². The second-order valence-electron chi connectivity index (χ2n) is 1.51. The summed E-state index contributed by atoms with van der Waals surface area (Å²) in [6.07, 6.45) is 0. The number of rotatable bonds is 1. The fraction of sp³-hybridized carbons (Fsp3) is 0.400. The van der Waals surface area contributed by atoms with Crippen molar-refractivity contribution >= 4 is 17.6 Å². The van der Waals surface area contributed by atoms with E-state index in [0.29, 0.717) is 0 Å². The number of Topliss-reactive ketones (excluding diaryl/α,β-unsaturated/α-hetero) is 2. The fourth-order valence-electron chi connectivity index (χ4n) is 0. The molecular weight excluding hydrogens is 150 g/mol. The van der Waals surface area contributed by atoms with Crippen LogP contribution in [0.25, 0.3) is 0 Å². The molecule has 0 spiro atoms. The molecule has 0 atom stereocenters. The summed E-state index contributed by atoms with van der Waals surface area (Å²) in [6.45, 7) is 2.50. The van der Waals surface area contributed by atoms with Crippen molar-refractivity contribution in [3.8, 4) is 0 Å². The third-order valence-electron chi connectivity index (χ3n) is 0.496. The fourth-order valence-corrected chi connectivity index (χ4v) is 0. The highest BCUT2D eigenvalue weighted by atomic mass is 16.2. The molecule has 0 aliphatic carbocycles. The Morgan fingerprint density at radius 1 is 0.909 bits per heavy atom. The Hall–Kier alpha value is -1.43. The Morgan fingerprint density at radius 3 is 1.00 bits per heavy atom. The standard InChI is InChI=1S/C4H6O2.CH4N2O.H3N/c1-3(5)4(2)6;2-1(3)4;/h1-2H3;(H4,2,3,4);1H3. The maximum Gasteiger partial charge on any atom is 0.309 e. The maximum atomic E-state index is 9.79. The van der Waals surface area contributed by atoms with E-state index < -0.39 is 6.03 Å². The van der Waals surface area contributed by atoms with E-state index in [1.807, 2.05) is 0 Å². The number of primary amides is 2. The molecule has 0 fully saturated rings. The van der Waals surface area contributed by atoms with Crippen LogP contribution in [0.1, 0.15) is 13.8 Å². The van der Waals surface area contributed by atoms with Gasteiger partial charge in [-0.15, -0.1) is 0 Å². The number of hydrogen-bond donors (Lipinski definition) is 3. The second-order valence-corrected chi connectivity index (χ2v) is 1.51. The monoisotopic (exact) mass is 163 g/mol. The van der Waals surface area contributed by atoms with Crippen LogP contribution in [0.4, 0.5) is 4.79 Å². The highest BCUT2D eigenvalue weighted by Gasteiger charge is 1.94. The molecule has 0 aromatic rings. The average Bonchev–Trinajstić information content (AvgIpc) is 1.63. The third-order valence-corrected chi connectivity index (χ3v) is 0.496. The van der Waals surface area contributed by atoms with Gasteiger partial charge in [0, 0.05) is 13.8 Å². The Balaban J connectivity index is -0.000000114. The lowest BCUT2D eigenvalue weighted by Gasteiger charge is -1.73. The van der Waals surface area contributed by atoms with Crippen LogP contribution in [0.5, 0.6) is 0 Å². The van der Waals surface area contributed by atoms with Gasteiger partial charge in [-0.05, 0) is 0 Å². The molecular formula is C5H13N3O3. The van der Waals surface area contributed by atoms with Gasteiger partial charge in [0.1, 0.15) is 0 Å². The third kappa shape index (κ3) is 56.0. The minimum absolute atomic E-state index is 0. The van der Waals surface area contributed by atoms with Crippen LogP contribution in [0.15, 0.2) is 0 Å². The van der Waals surface area contributed by atoms with Gasteiger partial charge in [-0.25, -0.2) is 4.79 Å². The summed E-state index contributed by atoms with van der Waals surface area (Å²) in [4.78, 5) is 28.6. The van der Waals surface area contributed by atoms with Crippen molar-refractivity contribution in [2.75, 3.05) is 0 Å². The van der Waals surface area contributed by atoms with Crippen LogP contribution < -0.4 is 17.6 Å². The lowest BCUT2D eigenvalue weighted by molar-refractivity contribution is -0.134. The summed E-state index contributed by atoms with van der Waals surface area (Å²) in [6, 6.07) is -0.833. The minimum atomic E-state index is -0.833. The van der Waals surface area contributed by atoms with Crippen LogP contribution >= 0.6 is 0 Å². The molecule has 0 aromatic heterocycles. The number of hydrogen-bond acceptors (Lipinski definition) is 4. The molecule has 0 unspecified atom stereocenters. The summed E-state index contributed by atoms with van der Waals surface area (Å²) in [7, 11) is 0. The lowest BCUT2D eigenvalue weighted by atomic mass is 10.3. The molecule has 0 bridgehead atoms. The zero-order valence-corrected chi connectivity index (χ0v) is 6.59. The van der Waals surface area contributed by atoms with Crippen molar-refractivity contribution in [3.63, 3.8) is 0 Å². The van der Waals surface area contributed by atoms with Gasteiger partial charge >= 0.3 is 6.03 Å². The average molecular weight is 163 g/mol. The highest BCUT2D eigenvalue weighted by molar-refractivity contribution is 6.35. The van der Waals surface area contributed by atoms with Gasteiger partial charge in [-0.3, -0.25) is 9.59 Å². The van der Waals surface area contributed by atoms with E-state index in [1.54, 1.807) is 0 Å². The molecule has 0 heterocycles. The first kappa shape index (κ1) is 16.3. The van der Waals surface area contributed by atoms with Gasteiger partial charge in [-0.1, -0.05) is 0 Å². The van der Waals surface area contributed by atoms with Crippen molar-refractivity contribution < 1.29 is 14.4 Å². The van der Waals surface area contributed by atoms with E-state index in [4.69, 9.17) is 4.79 Å². The van der Waals surface area contributed by atoms with Gasteiger partial charge in [0.25, 0.3) is 0 Å². The second kappa shape index (κ2) is 8.57. The van der Waals surface area contributed by atoms with E-state index in [1.165, 1.54) is 13.8 Å². The molecule has 0 saturated carbocycles. The summed E-state index contributed by atoms with van der Waals surface area (Å²) >= 11 is 0. The van der Waals surface area contributed by atoms with Crippen molar-refractivity contribution in [1.29, 1.82) is 0 Å². The van der Waals surface area contributed by atoms with Crippen LogP contribution in [-0.4, -0.2) is 17.6 Å². The largest absolute Gasteiger partial charge is 0.352 e. The van der Waals surface area contributed by atoms with E-state index in [0.717, 1.165) is 0 Å². The molecule has 6 nitrogen and oxygen atoms in total. The summed E-state index contributed by atoms with van der Waals surface area (Å²) in [5.41, 5.74) is 8.50. The summed E-state index contributed by atoms with van der Waals surface area (Å²) < 4.78 is 0. The van der Waals surface area contributed by atoms with E-state index in [-0.39, 0.29) is 17.7 Å². The molecule has 6 heteroatoms. The van der Waals surface area contributed by atoms with Crippen molar-refractivity contribution in [2.45, 2.75) is 13.8 Å². The number of carbonyl (C=O) groups is 3. The molecule has 0 saturated heterocycles. The number of ketones is 2. The molecule has 0 aliphatic rings. The molecule has 66 valence electrons. The molecule has 7 N–H and O–H groups in total. The molecule has 0 radical (unpaired) electrons. The van der Waals surface area contributed by atoms with Gasteiger partial charge in [-0.2, -0.15) is 0 Å². The SMILES string of the molecule is CC(=O)C(C)=O.N.NC(N)=O. The van der Waals surface area contributed by atoms with Crippen LogP contribution in [0.2, 0.25) is 0 Å². The molecule has 0 aliphatic heterocycles. The maximum absolute atomic E-state index is 9.79. The number of nitrogens with two attached hydrogens (primary N) is 2. The number of urea groups is 1. The van der Waals surface area contributed by atoms with Crippen LogP contribution in [-0.2, 0) is 9.59 Å². The lowest BCUT2D eigenvalue weighted by Crippen LogP contribution is -2.18. The predicted octanol–water partition coefficient (Wildman–Crippen LogP) is -0.650. The highest BCUT2D eigenvalue weighted by Crippen LogP contribution is 1.66. The minimum Gasteiger partial charge on any atom is -0.352 e. The van der Waals surface area contributed by atoms with E-state index in [2.05, 4.69) is 11.5 Å². The number of amides is 2. The van der Waals surface area contributed by atoms with E-state index in [9.17, 15) is 9.59 Å². The molecule has 11 heavy (non-hydrogen) atoms. The topological polar surface area (TPSA) is 138 Å². The van der Waals surface area contributed by atoms with Crippen molar-refractivity contribution in [3.05, 3.63) is 0 Å². The predicted molar refractivity (Wildman–Crippen MR) is 40.2 cm³/mol. The molecule has 0 rings (SSSR count). The Kier molecular flexibility index (Phi) is 12.7. The Morgan fingerprint density at radius 2 is 1.00 bits per heavy atom. The zero-order valence-electron chi connectivity index (χ0n) is 6.59. The van der Waals surface area contributed by atoms with Crippen molar-refractivity contribution in [2.24, 2.45) is 11.5 Å². The molecule has 0 aromatic carbocycles. The Bertz CT molecular complexity index is 139. The molecule has 2 amide bonds. The van der Waals surface area contributed by atoms with Crippen molar-refractivity contribution in [1.82, 2.24) is 6.15 Å². The van der Waals surface area contributed by atoms with Crippen LogP contribution in [0, 0.1) is 0 Å². The van der Waals surface area contributed by atoms with Gasteiger partial charge in [0.15, 0.2) is 11.6 Å². The Labute approximate surface area is 64.5 Å². The first-order chi connectivity index (χ1) is 4.37. The first-order valence-corrected chi connectivity index (χ1v) is 2.44. The van der Waals surface area contributed by atoms with Gasteiger partial charge < -0.3 is 17.6 Å². The smallest absolute Gasteiger partial charge is 0.309 e. The summed E-state index contributed by atoms with van der Waals surface area (Å²) in [5.74, 6) is -0.759. The first-order valence-electron chi connectivity index (χ1n) is 2.44. The zero-order chi connectivity index (χ0) is 8.73. The van der Waals surface area contributed by atoms with Gasteiger partial charge in [0.05, 0.1) is 0 Å². The summed E-state index contributed by atoms with van der Waals surface area (Å²) in [5, 5.41) is 0. The quantitative estimate of drug-likeness (QED) is 0.442. The van der Waals surface area contributed by atoms with E-state index >= 15 is 0 Å².